The molecule has 0 heterocycles. The molecular weight excluding hydrogens is 412 g/mol. The van der Waals surface area contributed by atoms with E-state index in [1.807, 2.05) is 26.0 Å². The van der Waals surface area contributed by atoms with E-state index in [4.69, 9.17) is 16.3 Å². The van der Waals surface area contributed by atoms with Crippen LogP contribution in [0.15, 0.2) is 48.5 Å². The first kappa shape index (κ1) is 23.2. The Morgan fingerprint density at radius 1 is 1.14 bits per heavy atom. The summed E-state index contributed by atoms with van der Waals surface area (Å²) in [6.45, 7) is 4.66. The Morgan fingerprint density at radius 2 is 1.90 bits per heavy atom. The lowest BCUT2D eigenvalue weighted by Crippen LogP contribution is -2.28. The molecule has 0 saturated carbocycles. The Bertz CT molecular complexity index is 916. The minimum atomic E-state index is -3.41. The summed E-state index contributed by atoms with van der Waals surface area (Å²) in [5, 5.41) is 3.33. The fourth-order valence-corrected chi connectivity index (χ4v) is 4.00. The Labute approximate surface area is 177 Å². The number of ether oxygens (including phenoxy) is 1. The number of carbonyl (C=O) groups excluding carboxylic acids is 1. The third-order valence-electron chi connectivity index (χ3n) is 3.92. The summed E-state index contributed by atoms with van der Waals surface area (Å²) in [6.07, 6.45) is 0.813. The Morgan fingerprint density at radius 3 is 2.62 bits per heavy atom. The highest BCUT2D eigenvalue weighted by Crippen LogP contribution is 2.23. The molecular formula is C21H27ClN2O4S. The van der Waals surface area contributed by atoms with Crippen LogP contribution < -0.4 is 14.8 Å². The zero-order valence-electron chi connectivity index (χ0n) is 16.7. The number of carbonyl (C=O) groups is 1. The third-order valence-corrected chi connectivity index (χ3v) is 5.55. The molecule has 0 unspecified atom stereocenters. The topological polar surface area (TPSA) is 84.5 Å². The van der Waals surface area contributed by atoms with Crippen molar-refractivity contribution in [3.8, 4) is 5.75 Å². The second kappa shape index (κ2) is 11.2. The lowest BCUT2D eigenvalue weighted by Gasteiger charge is -2.11. The fraction of sp³-hybridized carbons (Fsp3) is 0.381. The maximum Gasteiger partial charge on any atom is 0.224 e. The lowest BCUT2D eigenvalue weighted by molar-refractivity contribution is -0.116. The zero-order valence-corrected chi connectivity index (χ0v) is 18.2. The number of amides is 1. The van der Waals surface area contributed by atoms with Crippen molar-refractivity contribution in [1.82, 2.24) is 4.72 Å². The van der Waals surface area contributed by atoms with Crippen molar-refractivity contribution in [1.29, 1.82) is 0 Å². The van der Waals surface area contributed by atoms with E-state index in [-0.39, 0.29) is 24.0 Å². The van der Waals surface area contributed by atoms with Gasteiger partial charge in [0.25, 0.3) is 0 Å². The molecule has 2 aromatic carbocycles. The van der Waals surface area contributed by atoms with E-state index in [1.165, 1.54) is 0 Å². The Balaban J connectivity index is 1.80. The zero-order chi connectivity index (χ0) is 21.3. The normalized spacial score (nSPS) is 11.4. The minimum absolute atomic E-state index is 0.130. The predicted octanol–water partition coefficient (Wildman–Crippen LogP) is 4.21. The van der Waals surface area contributed by atoms with Gasteiger partial charge in [-0.25, -0.2) is 13.1 Å². The van der Waals surface area contributed by atoms with Gasteiger partial charge in [-0.05, 0) is 42.2 Å². The van der Waals surface area contributed by atoms with Crippen LogP contribution in [0.4, 0.5) is 5.69 Å². The average Bonchev–Trinajstić information content (AvgIpc) is 2.65. The molecule has 0 bridgehead atoms. The molecule has 29 heavy (non-hydrogen) atoms. The molecule has 1 amide bonds. The SMILES string of the molecule is CC(C)CNS(=O)(=O)Cc1cccc(NC(=O)CCCOc2ccccc2Cl)c1. The van der Waals surface area contributed by atoms with Gasteiger partial charge in [-0.15, -0.1) is 0 Å². The van der Waals surface area contributed by atoms with E-state index in [9.17, 15) is 13.2 Å². The minimum Gasteiger partial charge on any atom is -0.492 e. The van der Waals surface area contributed by atoms with Crippen LogP contribution in [0, 0.1) is 5.92 Å². The lowest BCUT2D eigenvalue weighted by atomic mass is 10.2. The van der Waals surface area contributed by atoms with Gasteiger partial charge in [-0.2, -0.15) is 0 Å². The van der Waals surface area contributed by atoms with Crippen LogP contribution in [-0.4, -0.2) is 27.5 Å². The number of para-hydroxylation sites is 1. The van der Waals surface area contributed by atoms with E-state index < -0.39 is 10.0 Å². The van der Waals surface area contributed by atoms with Crippen LogP contribution in [0.1, 0.15) is 32.3 Å². The molecule has 2 rings (SSSR count). The number of nitrogens with one attached hydrogen (secondary N) is 2. The smallest absolute Gasteiger partial charge is 0.224 e. The molecule has 0 saturated heterocycles. The van der Waals surface area contributed by atoms with Crippen molar-refractivity contribution in [2.24, 2.45) is 5.92 Å². The van der Waals surface area contributed by atoms with Crippen LogP contribution in [0.5, 0.6) is 5.75 Å². The van der Waals surface area contributed by atoms with Crippen molar-refractivity contribution in [3.05, 3.63) is 59.1 Å². The van der Waals surface area contributed by atoms with Crippen molar-refractivity contribution in [3.63, 3.8) is 0 Å². The van der Waals surface area contributed by atoms with Gasteiger partial charge >= 0.3 is 0 Å². The van der Waals surface area contributed by atoms with Gasteiger partial charge in [0, 0.05) is 18.7 Å². The highest BCUT2D eigenvalue weighted by atomic mass is 35.5. The quantitative estimate of drug-likeness (QED) is 0.514. The number of rotatable bonds is 11. The van der Waals surface area contributed by atoms with Crippen LogP contribution >= 0.6 is 11.6 Å². The number of halogens is 1. The molecule has 0 spiro atoms. The van der Waals surface area contributed by atoms with Gasteiger partial charge in [0.1, 0.15) is 5.75 Å². The first-order chi connectivity index (χ1) is 13.7. The fourth-order valence-electron chi connectivity index (χ4n) is 2.50. The van der Waals surface area contributed by atoms with E-state index >= 15 is 0 Å². The number of anilines is 1. The maximum atomic E-state index is 12.1. The summed E-state index contributed by atoms with van der Waals surface area (Å²) in [7, 11) is -3.41. The van der Waals surface area contributed by atoms with Gasteiger partial charge in [-0.3, -0.25) is 4.79 Å². The van der Waals surface area contributed by atoms with Gasteiger partial charge < -0.3 is 10.1 Å². The van der Waals surface area contributed by atoms with E-state index in [0.717, 1.165) is 0 Å². The van der Waals surface area contributed by atoms with Gasteiger partial charge in [-0.1, -0.05) is 49.7 Å². The van der Waals surface area contributed by atoms with Crippen LogP contribution in [-0.2, 0) is 20.6 Å². The second-order valence-electron chi connectivity index (χ2n) is 7.13. The van der Waals surface area contributed by atoms with Crippen molar-refractivity contribution in [2.45, 2.75) is 32.4 Å². The summed E-state index contributed by atoms with van der Waals surface area (Å²) in [6, 6.07) is 14.0. The largest absolute Gasteiger partial charge is 0.492 e. The molecule has 6 nitrogen and oxygen atoms in total. The molecule has 8 heteroatoms. The van der Waals surface area contributed by atoms with Crippen molar-refractivity contribution < 1.29 is 17.9 Å². The standard InChI is InChI=1S/C21H27ClN2O4S/c1-16(2)14-23-29(26,27)15-17-7-5-8-18(13-17)24-21(25)11-6-12-28-20-10-4-3-9-19(20)22/h3-5,7-10,13,16,23H,6,11-12,14-15H2,1-2H3,(H,24,25). The Hall–Kier alpha value is -2.09. The summed E-state index contributed by atoms with van der Waals surface area (Å²) in [5.74, 6) is 0.535. The third kappa shape index (κ3) is 8.85. The van der Waals surface area contributed by atoms with Crippen molar-refractivity contribution >= 4 is 33.2 Å². The van der Waals surface area contributed by atoms with Gasteiger partial charge in [0.15, 0.2) is 0 Å². The summed E-state index contributed by atoms with van der Waals surface area (Å²) in [4.78, 5) is 12.1. The van der Waals surface area contributed by atoms with E-state index in [0.29, 0.717) is 41.6 Å². The molecule has 0 aliphatic heterocycles. The second-order valence-corrected chi connectivity index (χ2v) is 9.35. The van der Waals surface area contributed by atoms with Crippen LogP contribution in [0.2, 0.25) is 5.02 Å². The van der Waals surface area contributed by atoms with Gasteiger partial charge in [0.05, 0.1) is 17.4 Å². The van der Waals surface area contributed by atoms with Crippen LogP contribution in [0.25, 0.3) is 0 Å². The number of sulfonamides is 1. The summed E-state index contributed by atoms with van der Waals surface area (Å²) >= 11 is 6.02. The first-order valence-corrected chi connectivity index (χ1v) is 11.5. The van der Waals surface area contributed by atoms with Crippen molar-refractivity contribution in [2.75, 3.05) is 18.5 Å². The molecule has 0 aliphatic rings. The highest BCUT2D eigenvalue weighted by Gasteiger charge is 2.12. The predicted molar refractivity (Wildman–Crippen MR) is 117 cm³/mol. The number of hydrogen-bond donors (Lipinski definition) is 2. The molecule has 0 aromatic heterocycles. The number of hydrogen-bond acceptors (Lipinski definition) is 4. The summed E-state index contributed by atoms with van der Waals surface area (Å²) in [5.41, 5.74) is 1.18. The maximum absolute atomic E-state index is 12.1. The molecule has 0 fully saturated rings. The molecule has 158 valence electrons. The highest BCUT2D eigenvalue weighted by molar-refractivity contribution is 7.88. The molecule has 2 aromatic rings. The molecule has 2 N–H and O–H groups in total. The summed E-state index contributed by atoms with van der Waals surface area (Å²) < 4.78 is 32.4. The molecule has 0 radical (unpaired) electrons. The van der Waals surface area contributed by atoms with E-state index in [1.54, 1.807) is 36.4 Å². The van der Waals surface area contributed by atoms with Gasteiger partial charge in [0.2, 0.25) is 15.9 Å². The first-order valence-electron chi connectivity index (χ1n) is 9.48. The Kier molecular flexibility index (Phi) is 8.95. The molecule has 0 aliphatic carbocycles. The number of benzene rings is 2. The van der Waals surface area contributed by atoms with E-state index in [2.05, 4.69) is 10.0 Å². The average molecular weight is 439 g/mol. The van der Waals surface area contributed by atoms with Crippen LogP contribution in [0.3, 0.4) is 0 Å². The monoisotopic (exact) mass is 438 g/mol. The molecule has 0 atom stereocenters.